The number of nitrogens with zero attached hydrogens (tertiary/aromatic N) is 2. The quantitative estimate of drug-likeness (QED) is 0.393. The standard InChI is InChI=1S/C17H24N4OS.HI/c1-5-18-17(21-11-16-19-9-13(3)23-16)20-10-14-6-7-15(22-4)12(2)8-14;/h6-9H,5,10-11H2,1-4H3,(H2,18,20,21);1H. The molecule has 0 bridgehead atoms. The van der Waals surface area contributed by atoms with Crippen LogP contribution in [-0.2, 0) is 13.1 Å². The fraction of sp³-hybridized carbons (Fsp3) is 0.412. The van der Waals surface area contributed by atoms with Gasteiger partial charge in [-0.1, -0.05) is 12.1 Å². The zero-order valence-corrected chi connectivity index (χ0v) is 17.7. The summed E-state index contributed by atoms with van der Waals surface area (Å²) >= 11 is 1.70. The first-order chi connectivity index (χ1) is 11.1. The number of benzene rings is 1. The molecule has 0 atom stereocenters. The van der Waals surface area contributed by atoms with E-state index in [1.54, 1.807) is 18.4 Å². The summed E-state index contributed by atoms with van der Waals surface area (Å²) in [5, 5.41) is 7.64. The van der Waals surface area contributed by atoms with Gasteiger partial charge < -0.3 is 15.4 Å². The largest absolute Gasteiger partial charge is 0.496 e. The summed E-state index contributed by atoms with van der Waals surface area (Å²) < 4.78 is 5.29. The van der Waals surface area contributed by atoms with Gasteiger partial charge in [0.05, 0.1) is 20.2 Å². The summed E-state index contributed by atoms with van der Waals surface area (Å²) in [6.07, 6.45) is 1.89. The molecule has 1 aromatic heterocycles. The van der Waals surface area contributed by atoms with Gasteiger partial charge in [0.2, 0.25) is 0 Å². The van der Waals surface area contributed by atoms with Crippen molar-refractivity contribution in [3.05, 3.63) is 45.4 Å². The van der Waals surface area contributed by atoms with E-state index in [4.69, 9.17) is 4.74 Å². The van der Waals surface area contributed by atoms with Gasteiger partial charge in [-0.25, -0.2) is 9.98 Å². The minimum Gasteiger partial charge on any atom is -0.496 e. The number of ether oxygens (including phenoxy) is 1. The number of rotatable bonds is 6. The minimum absolute atomic E-state index is 0. The van der Waals surface area contributed by atoms with Crippen LogP contribution in [0.3, 0.4) is 0 Å². The Bertz CT molecular complexity index is 672. The maximum Gasteiger partial charge on any atom is 0.191 e. The first-order valence-corrected chi connectivity index (χ1v) is 8.51. The van der Waals surface area contributed by atoms with Gasteiger partial charge in [0.15, 0.2) is 5.96 Å². The average Bonchev–Trinajstić information content (AvgIpc) is 2.95. The van der Waals surface area contributed by atoms with Crippen molar-refractivity contribution in [3.63, 3.8) is 0 Å². The van der Waals surface area contributed by atoms with E-state index < -0.39 is 0 Å². The molecule has 0 fully saturated rings. The third-order valence-corrected chi connectivity index (χ3v) is 4.21. The van der Waals surface area contributed by atoms with Gasteiger partial charge in [-0.2, -0.15) is 0 Å². The number of hydrogen-bond donors (Lipinski definition) is 2. The number of nitrogens with one attached hydrogen (secondary N) is 2. The Morgan fingerprint density at radius 2 is 2.08 bits per heavy atom. The monoisotopic (exact) mass is 460 g/mol. The van der Waals surface area contributed by atoms with Crippen molar-refractivity contribution in [3.8, 4) is 5.75 Å². The van der Waals surface area contributed by atoms with Crippen LogP contribution in [0.15, 0.2) is 29.4 Å². The lowest BCUT2D eigenvalue weighted by Crippen LogP contribution is -2.36. The van der Waals surface area contributed by atoms with Gasteiger partial charge >= 0.3 is 0 Å². The highest BCUT2D eigenvalue weighted by atomic mass is 127. The van der Waals surface area contributed by atoms with Crippen LogP contribution in [0.25, 0.3) is 0 Å². The molecule has 132 valence electrons. The van der Waals surface area contributed by atoms with Gasteiger partial charge in [0.1, 0.15) is 10.8 Å². The summed E-state index contributed by atoms with van der Waals surface area (Å²) in [6.45, 7) is 8.29. The van der Waals surface area contributed by atoms with E-state index in [-0.39, 0.29) is 24.0 Å². The molecule has 0 saturated carbocycles. The maximum absolute atomic E-state index is 5.29. The molecule has 5 nitrogen and oxygen atoms in total. The highest BCUT2D eigenvalue weighted by Crippen LogP contribution is 2.18. The van der Waals surface area contributed by atoms with Crippen molar-refractivity contribution in [1.82, 2.24) is 15.6 Å². The topological polar surface area (TPSA) is 58.5 Å². The molecule has 1 heterocycles. The fourth-order valence-electron chi connectivity index (χ4n) is 2.19. The van der Waals surface area contributed by atoms with Crippen LogP contribution >= 0.6 is 35.3 Å². The SMILES string of the molecule is CCNC(=NCc1ccc(OC)c(C)c1)NCc1ncc(C)s1.I. The molecule has 0 amide bonds. The Kier molecular flexibility index (Phi) is 9.05. The number of thiazole rings is 1. The summed E-state index contributed by atoms with van der Waals surface area (Å²) in [7, 11) is 1.69. The molecule has 2 N–H and O–H groups in total. The van der Waals surface area contributed by atoms with E-state index in [9.17, 15) is 0 Å². The Morgan fingerprint density at radius 3 is 2.67 bits per heavy atom. The second kappa shape index (κ2) is 10.5. The second-order valence-electron chi connectivity index (χ2n) is 5.22. The van der Waals surface area contributed by atoms with Crippen LogP contribution in [0.4, 0.5) is 0 Å². The Labute approximate surface area is 165 Å². The molecule has 0 unspecified atom stereocenters. The Morgan fingerprint density at radius 1 is 1.29 bits per heavy atom. The predicted molar refractivity (Wildman–Crippen MR) is 112 cm³/mol. The van der Waals surface area contributed by atoms with Crippen LogP contribution in [0.1, 0.15) is 27.9 Å². The zero-order chi connectivity index (χ0) is 16.7. The number of methoxy groups -OCH3 is 1. The molecule has 0 aliphatic carbocycles. The highest BCUT2D eigenvalue weighted by Gasteiger charge is 2.03. The number of aliphatic imine (C=N–C) groups is 1. The van der Waals surface area contributed by atoms with Crippen molar-refractivity contribution in [2.24, 2.45) is 4.99 Å². The van der Waals surface area contributed by atoms with Crippen molar-refractivity contribution in [1.29, 1.82) is 0 Å². The van der Waals surface area contributed by atoms with E-state index in [0.29, 0.717) is 13.1 Å². The molecule has 24 heavy (non-hydrogen) atoms. The molecule has 0 saturated heterocycles. The third kappa shape index (κ3) is 6.27. The number of guanidine groups is 1. The molecule has 0 radical (unpaired) electrons. The third-order valence-electron chi connectivity index (χ3n) is 3.30. The van der Waals surface area contributed by atoms with Gasteiger partial charge in [0, 0.05) is 17.6 Å². The van der Waals surface area contributed by atoms with E-state index in [1.165, 1.54) is 4.88 Å². The first-order valence-electron chi connectivity index (χ1n) is 7.69. The summed E-state index contributed by atoms with van der Waals surface area (Å²) in [5.41, 5.74) is 2.28. The molecule has 7 heteroatoms. The molecule has 0 aliphatic rings. The molecular formula is C17H25IN4OS. The first kappa shape index (κ1) is 20.7. The van der Waals surface area contributed by atoms with Crippen LogP contribution < -0.4 is 15.4 Å². The number of aromatic nitrogens is 1. The average molecular weight is 460 g/mol. The molecule has 1 aromatic carbocycles. The number of halogens is 1. The molecular weight excluding hydrogens is 435 g/mol. The lowest BCUT2D eigenvalue weighted by Gasteiger charge is -2.11. The summed E-state index contributed by atoms with van der Waals surface area (Å²) in [4.78, 5) is 10.2. The predicted octanol–water partition coefficient (Wildman–Crippen LogP) is 3.64. The van der Waals surface area contributed by atoms with E-state index >= 15 is 0 Å². The normalized spacial score (nSPS) is 10.9. The summed E-state index contributed by atoms with van der Waals surface area (Å²) in [5.74, 6) is 1.70. The van der Waals surface area contributed by atoms with Gasteiger partial charge in [0.25, 0.3) is 0 Å². The van der Waals surface area contributed by atoms with Crippen LogP contribution in [0.2, 0.25) is 0 Å². The smallest absolute Gasteiger partial charge is 0.191 e. The summed E-state index contributed by atoms with van der Waals surface area (Å²) in [6, 6.07) is 6.14. The maximum atomic E-state index is 5.29. The number of hydrogen-bond acceptors (Lipinski definition) is 4. The molecule has 2 rings (SSSR count). The van der Waals surface area contributed by atoms with Crippen LogP contribution in [0, 0.1) is 13.8 Å². The van der Waals surface area contributed by atoms with Gasteiger partial charge in [-0.3, -0.25) is 0 Å². The van der Waals surface area contributed by atoms with E-state index in [2.05, 4.69) is 40.5 Å². The second-order valence-corrected chi connectivity index (χ2v) is 6.54. The molecule has 0 aliphatic heterocycles. The lowest BCUT2D eigenvalue weighted by molar-refractivity contribution is 0.411. The molecule has 0 spiro atoms. The van der Waals surface area contributed by atoms with Crippen LogP contribution in [-0.4, -0.2) is 24.6 Å². The van der Waals surface area contributed by atoms with Gasteiger partial charge in [-0.05, 0) is 38.0 Å². The Balaban J connectivity index is 0.00000288. The minimum atomic E-state index is 0. The lowest BCUT2D eigenvalue weighted by atomic mass is 10.1. The van der Waals surface area contributed by atoms with Crippen molar-refractivity contribution >= 4 is 41.3 Å². The van der Waals surface area contributed by atoms with Crippen LogP contribution in [0.5, 0.6) is 5.75 Å². The van der Waals surface area contributed by atoms with E-state index in [0.717, 1.165) is 34.4 Å². The van der Waals surface area contributed by atoms with Crippen molar-refractivity contribution < 1.29 is 4.74 Å². The zero-order valence-electron chi connectivity index (χ0n) is 14.5. The number of aryl methyl sites for hydroxylation is 2. The fourth-order valence-corrected chi connectivity index (χ4v) is 2.92. The highest BCUT2D eigenvalue weighted by molar-refractivity contribution is 14.0. The van der Waals surface area contributed by atoms with E-state index in [1.807, 2.05) is 25.3 Å². The van der Waals surface area contributed by atoms with Crippen molar-refractivity contribution in [2.45, 2.75) is 33.9 Å². The van der Waals surface area contributed by atoms with Crippen molar-refractivity contribution in [2.75, 3.05) is 13.7 Å². The molecule has 2 aromatic rings. The Hall–Kier alpha value is -1.35. The van der Waals surface area contributed by atoms with Gasteiger partial charge in [-0.15, -0.1) is 35.3 Å².